The van der Waals surface area contributed by atoms with Crippen molar-refractivity contribution in [3.8, 4) is 0 Å². The smallest absolute Gasteiger partial charge is 0.152 e. The molecule has 18 heavy (non-hydrogen) atoms. The van der Waals surface area contributed by atoms with Crippen LogP contribution in [-0.2, 0) is 14.6 Å². The average Bonchev–Trinajstić information content (AvgIpc) is 2.85. The van der Waals surface area contributed by atoms with Gasteiger partial charge in [-0.2, -0.15) is 0 Å². The van der Waals surface area contributed by atoms with E-state index in [2.05, 4.69) is 0 Å². The van der Waals surface area contributed by atoms with Crippen LogP contribution >= 0.6 is 0 Å². The Bertz CT molecular complexity index is 560. The highest BCUT2D eigenvalue weighted by Gasteiger charge is 2.68. The minimum atomic E-state index is -3.30. The largest absolute Gasteiger partial charge is 0.383 e. The van der Waals surface area contributed by atoms with Gasteiger partial charge in [-0.25, -0.2) is 12.8 Å². The van der Waals surface area contributed by atoms with E-state index in [1.54, 1.807) is 12.1 Å². The third kappa shape index (κ3) is 2.15. The molecular formula is C12H16FNO3S. The molecule has 3 atom stereocenters. The van der Waals surface area contributed by atoms with Gasteiger partial charge in [0.25, 0.3) is 0 Å². The fraction of sp³-hybridized carbons (Fsp3) is 0.500. The van der Waals surface area contributed by atoms with E-state index in [-0.39, 0.29) is 6.61 Å². The van der Waals surface area contributed by atoms with Gasteiger partial charge in [-0.15, -0.1) is 0 Å². The Labute approximate surface area is 106 Å². The zero-order chi connectivity index (χ0) is 13.6. The molecule has 0 unspecified atom stereocenters. The van der Waals surface area contributed by atoms with Crippen molar-refractivity contribution in [1.29, 1.82) is 0 Å². The van der Waals surface area contributed by atoms with E-state index < -0.39 is 32.4 Å². The van der Waals surface area contributed by atoms with Crippen LogP contribution in [0.2, 0.25) is 0 Å². The summed E-state index contributed by atoms with van der Waals surface area (Å²) in [6.07, 6.45) is 1.15. The predicted molar refractivity (Wildman–Crippen MR) is 66.6 cm³/mol. The molecule has 2 N–H and O–H groups in total. The number of hydrogen-bond donors (Lipinski definition) is 1. The Kier molecular flexibility index (Phi) is 3.21. The number of sulfone groups is 1. The molecule has 0 bridgehead atoms. The van der Waals surface area contributed by atoms with E-state index in [1.807, 2.05) is 0 Å². The van der Waals surface area contributed by atoms with E-state index in [1.165, 1.54) is 19.2 Å². The fourth-order valence-electron chi connectivity index (χ4n) is 2.68. The van der Waals surface area contributed by atoms with Gasteiger partial charge in [0.1, 0.15) is 5.82 Å². The first-order valence-corrected chi connectivity index (χ1v) is 7.48. The lowest BCUT2D eigenvalue weighted by atomic mass is 10.1. The highest BCUT2D eigenvalue weighted by atomic mass is 32.2. The number of benzene rings is 1. The molecule has 2 rings (SSSR count). The molecule has 1 fully saturated rings. The van der Waals surface area contributed by atoms with Crippen molar-refractivity contribution in [3.63, 3.8) is 0 Å². The molecule has 1 aromatic rings. The molecule has 0 saturated heterocycles. The number of ether oxygens (including phenoxy) is 1. The van der Waals surface area contributed by atoms with Crippen LogP contribution < -0.4 is 5.73 Å². The van der Waals surface area contributed by atoms with Crippen molar-refractivity contribution in [2.45, 2.75) is 16.7 Å². The summed E-state index contributed by atoms with van der Waals surface area (Å²) < 4.78 is 41.6. The zero-order valence-corrected chi connectivity index (χ0v) is 11.1. The first kappa shape index (κ1) is 13.5. The maximum Gasteiger partial charge on any atom is 0.152 e. The van der Waals surface area contributed by atoms with Gasteiger partial charge in [0.2, 0.25) is 0 Å². The second-order valence-electron chi connectivity index (χ2n) is 4.83. The van der Waals surface area contributed by atoms with E-state index in [9.17, 15) is 12.8 Å². The van der Waals surface area contributed by atoms with Crippen LogP contribution in [0.1, 0.15) is 11.5 Å². The first-order chi connectivity index (χ1) is 8.30. The summed E-state index contributed by atoms with van der Waals surface area (Å²) in [6.45, 7) is 0.131. The third-order valence-corrected chi connectivity index (χ3v) is 5.00. The summed E-state index contributed by atoms with van der Waals surface area (Å²) in [5.74, 6) is -0.811. The van der Waals surface area contributed by atoms with Crippen molar-refractivity contribution >= 4 is 9.84 Å². The summed E-state index contributed by atoms with van der Waals surface area (Å²) in [6, 6.07) is 5.88. The van der Waals surface area contributed by atoms with Gasteiger partial charge in [-0.1, -0.05) is 12.1 Å². The van der Waals surface area contributed by atoms with Crippen LogP contribution in [0, 0.1) is 5.82 Å². The molecule has 4 nitrogen and oxygen atoms in total. The number of nitrogens with two attached hydrogens (primary N) is 1. The Hall–Kier alpha value is -0.980. The van der Waals surface area contributed by atoms with Gasteiger partial charge in [0.05, 0.1) is 17.4 Å². The molecule has 1 aliphatic rings. The molecular weight excluding hydrogens is 257 g/mol. The molecule has 0 aromatic heterocycles. The van der Waals surface area contributed by atoms with E-state index in [0.717, 1.165) is 6.26 Å². The second kappa shape index (κ2) is 4.29. The number of hydrogen-bond acceptors (Lipinski definition) is 4. The SMILES string of the molecule is COC[C@]1(N)[C@H](c2cccc(F)c2)[C@H]1S(C)(=O)=O. The summed E-state index contributed by atoms with van der Waals surface area (Å²) in [7, 11) is -1.83. The third-order valence-electron chi connectivity index (χ3n) is 3.37. The van der Waals surface area contributed by atoms with Crippen LogP contribution in [0.15, 0.2) is 24.3 Å². The van der Waals surface area contributed by atoms with E-state index >= 15 is 0 Å². The Morgan fingerprint density at radius 2 is 2.17 bits per heavy atom. The number of methoxy groups -OCH3 is 1. The predicted octanol–water partition coefficient (Wildman–Crippen LogP) is 0.680. The fourth-order valence-corrected chi connectivity index (χ4v) is 4.51. The topological polar surface area (TPSA) is 69.4 Å². The summed E-state index contributed by atoms with van der Waals surface area (Å²) in [5, 5.41) is -0.716. The van der Waals surface area contributed by atoms with Crippen molar-refractivity contribution in [3.05, 3.63) is 35.6 Å². The molecule has 1 aromatic carbocycles. The Morgan fingerprint density at radius 1 is 1.50 bits per heavy atom. The molecule has 6 heteroatoms. The van der Waals surface area contributed by atoms with Crippen molar-refractivity contribution < 1.29 is 17.5 Å². The van der Waals surface area contributed by atoms with Gasteiger partial charge in [-0.05, 0) is 17.7 Å². The average molecular weight is 273 g/mol. The summed E-state index contributed by atoms with van der Waals surface area (Å²) in [5.41, 5.74) is 5.73. The summed E-state index contributed by atoms with van der Waals surface area (Å²) >= 11 is 0. The van der Waals surface area contributed by atoms with Crippen molar-refractivity contribution in [1.82, 2.24) is 0 Å². The zero-order valence-electron chi connectivity index (χ0n) is 10.3. The molecule has 1 saturated carbocycles. The van der Waals surface area contributed by atoms with E-state index in [4.69, 9.17) is 10.5 Å². The van der Waals surface area contributed by atoms with Gasteiger partial charge < -0.3 is 10.5 Å². The van der Waals surface area contributed by atoms with Crippen molar-refractivity contribution in [2.75, 3.05) is 20.0 Å². The first-order valence-electron chi connectivity index (χ1n) is 5.53. The van der Waals surface area contributed by atoms with Crippen LogP contribution in [-0.4, -0.2) is 39.2 Å². The number of halogens is 1. The van der Waals surface area contributed by atoms with Gasteiger partial charge in [0, 0.05) is 19.3 Å². The molecule has 0 heterocycles. The van der Waals surface area contributed by atoms with E-state index in [0.29, 0.717) is 5.56 Å². The Balaban J connectivity index is 2.39. The van der Waals surface area contributed by atoms with Gasteiger partial charge >= 0.3 is 0 Å². The second-order valence-corrected chi connectivity index (χ2v) is 7.00. The molecule has 0 radical (unpaired) electrons. The molecule has 0 aliphatic heterocycles. The minimum absolute atomic E-state index is 0.131. The van der Waals surface area contributed by atoms with Crippen LogP contribution in [0.4, 0.5) is 4.39 Å². The monoisotopic (exact) mass is 273 g/mol. The quantitative estimate of drug-likeness (QED) is 0.876. The van der Waals surface area contributed by atoms with Crippen molar-refractivity contribution in [2.24, 2.45) is 5.73 Å². The lowest BCUT2D eigenvalue weighted by molar-refractivity contribution is 0.171. The van der Waals surface area contributed by atoms with Gasteiger partial charge in [0.15, 0.2) is 9.84 Å². The van der Waals surface area contributed by atoms with Crippen LogP contribution in [0.25, 0.3) is 0 Å². The van der Waals surface area contributed by atoms with Gasteiger partial charge in [-0.3, -0.25) is 0 Å². The highest BCUT2D eigenvalue weighted by molar-refractivity contribution is 7.91. The summed E-state index contributed by atoms with van der Waals surface area (Å²) in [4.78, 5) is 0. The number of rotatable bonds is 4. The lowest BCUT2D eigenvalue weighted by Gasteiger charge is -2.10. The van der Waals surface area contributed by atoms with Crippen LogP contribution in [0.3, 0.4) is 0 Å². The normalized spacial score (nSPS) is 31.3. The lowest BCUT2D eigenvalue weighted by Crippen LogP contribution is -2.35. The standard InChI is InChI=1S/C12H16FNO3S/c1-17-7-12(14)10(11(12)18(2,15)16)8-4-3-5-9(13)6-8/h3-6,10-11H,7,14H2,1-2H3/t10-,11-,12+/m1/s1. The molecule has 1 aliphatic carbocycles. The molecule has 0 amide bonds. The highest BCUT2D eigenvalue weighted by Crippen LogP contribution is 2.53. The Morgan fingerprint density at radius 3 is 2.67 bits per heavy atom. The maximum absolute atomic E-state index is 13.2. The minimum Gasteiger partial charge on any atom is -0.383 e. The van der Waals surface area contributed by atoms with Crippen LogP contribution in [0.5, 0.6) is 0 Å². The maximum atomic E-state index is 13.2. The molecule has 0 spiro atoms. The molecule has 100 valence electrons.